The van der Waals surface area contributed by atoms with Gasteiger partial charge in [-0.2, -0.15) is 0 Å². The van der Waals surface area contributed by atoms with E-state index in [0.717, 1.165) is 18.0 Å². The minimum Gasteiger partial charge on any atom is -0.332 e. The highest BCUT2D eigenvalue weighted by molar-refractivity contribution is 7.12. The molecule has 0 aromatic carbocycles. The van der Waals surface area contributed by atoms with E-state index < -0.39 is 0 Å². The van der Waals surface area contributed by atoms with Gasteiger partial charge in [-0.25, -0.2) is 0 Å². The zero-order valence-electron chi connectivity index (χ0n) is 12.2. The number of rotatable bonds is 3. The predicted molar refractivity (Wildman–Crippen MR) is 80.6 cm³/mol. The summed E-state index contributed by atoms with van der Waals surface area (Å²) >= 11 is 1.54. The molecule has 1 amide bonds. The lowest BCUT2D eigenvalue weighted by Gasteiger charge is -2.43. The fourth-order valence-corrected chi connectivity index (χ4v) is 3.29. The first-order chi connectivity index (χ1) is 9.00. The monoisotopic (exact) mass is 280 g/mol. The van der Waals surface area contributed by atoms with Gasteiger partial charge in [0.1, 0.15) is 0 Å². The fraction of sp³-hybridized carbons (Fsp3) is 0.667. The molecule has 0 saturated carbocycles. The van der Waals surface area contributed by atoms with Crippen molar-refractivity contribution in [2.45, 2.75) is 39.8 Å². The molecule has 19 heavy (non-hydrogen) atoms. The molecular formula is C15H24N2OS. The zero-order valence-corrected chi connectivity index (χ0v) is 13.0. The van der Waals surface area contributed by atoms with Gasteiger partial charge in [0.15, 0.2) is 0 Å². The Labute approximate surface area is 120 Å². The maximum Gasteiger partial charge on any atom is 0.264 e. The minimum absolute atomic E-state index is 0.195. The summed E-state index contributed by atoms with van der Waals surface area (Å²) in [6, 6.07) is 4.57. The molecule has 106 valence electrons. The average molecular weight is 280 g/mol. The van der Waals surface area contributed by atoms with Crippen molar-refractivity contribution in [3.8, 4) is 0 Å². The lowest BCUT2D eigenvalue weighted by atomic mass is 9.94. The number of thiophene rings is 1. The van der Waals surface area contributed by atoms with Crippen molar-refractivity contribution in [1.82, 2.24) is 10.2 Å². The lowest BCUT2D eigenvalue weighted by Crippen LogP contribution is -2.61. The van der Waals surface area contributed by atoms with Crippen LogP contribution in [0.25, 0.3) is 0 Å². The second kappa shape index (κ2) is 6.06. The molecule has 4 heteroatoms. The van der Waals surface area contributed by atoms with Crippen molar-refractivity contribution in [3.05, 3.63) is 22.4 Å². The van der Waals surface area contributed by atoms with Crippen molar-refractivity contribution in [1.29, 1.82) is 0 Å². The van der Waals surface area contributed by atoms with Crippen molar-refractivity contribution in [2.24, 2.45) is 11.8 Å². The third-order valence-corrected chi connectivity index (χ3v) is 4.81. The van der Waals surface area contributed by atoms with Crippen LogP contribution in [0.15, 0.2) is 17.5 Å². The van der Waals surface area contributed by atoms with Crippen molar-refractivity contribution in [3.63, 3.8) is 0 Å². The third-order valence-electron chi connectivity index (χ3n) is 3.95. The molecule has 0 aliphatic carbocycles. The number of amides is 1. The number of carbonyl (C=O) groups excluding carboxylic acids is 1. The van der Waals surface area contributed by atoms with Gasteiger partial charge in [-0.1, -0.05) is 33.8 Å². The largest absolute Gasteiger partial charge is 0.332 e. The predicted octanol–water partition coefficient (Wildman–Crippen LogP) is 2.84. The maximum absolute atomic E-state index is 12.7. The van der Waals surface area contributed by atoms with Crippen LogP contribution in [0, 0.1) is 11.8 Å². The Kier molecular flexibility index (Phi) is 4.63. The highest BCUT2D eigenvalue weighted by atomic mass is 32.1. The van der Waals surface area contributed by atoms with Gasteiger partial charge in [-0.3, -0.25) is 4.79 Å². The van der Waals surface area contributed by atoms with Crippen molar-refractivity contribution >= 4 is 17.2 Å². The molecule has 1 aliphatic rings. The molecule has 0 radical (unpaired) electrons. The van der Waals surface area contributed by atoms with E-state index in [-0.39, 0.29) is 5.91 Å². The van der Waals surface area contributed by atoms with Gasteiger partial charge in [0, 0.05) is 25.2 Å². The lowest BCUT2D eigenvalue weighted by molar-refractivity contribution is 0.0480. The van der Waals surface area contributed by atoms with Gasteiger partial charge in [-0.15, -0.1) is 11.3 Å². The summed E-state index contributed by atoms with van der Waals surface area (Å²) in [5.41, 5.74) is 0. The Morgan fingerprint density at radius 3 is 2.63 bits per heavy atom. The van der Waals surface area contributed by atoms with Crippen LogP contribution in [0.4, 0.5) is 0 Å². The molecule has 0 spiro atoms. The topological polar surface area (TPSA) is 32.3 Å². The van der Waals surface area contributed by atoms with Gasteiger partial charge in [0.05, 0.1) is 4.88 Å². The zero-order chi connectivity index (χ0) is 14.0. The summed E-state index contributed by atoms with van der Waals surface area (Å²) in [6.45, 7) is 10.5. The van der Waals surface area contributed by atoms with Gasteiger partial charge < -0.3 is 10.2 Å². The first-order valence-corrected chi connectivity index (χ1v) is 7.96. The highest BCUT2D eigenvalue weighted by Crippen LogP contribution is 2.22. The SMILES string of the molecule is CC(C)C1CN(C(=O)c2cccs2)C(C(C)C)CN1. The quantitative estimate of drug-likeness (QED) is 0.923. The minimum atomic E-state index is 0.195. The van der Waals surface area contributed by atoms with Crippen LogP contribution in [-0.4, -0.2) is 36.0 Å². The third kappa shape index (κ3) is 3.18. The molecule has 1 aromatic rings. The highest BCUT2D eigenvalue weighted by Gasteiger charge is 2.34. The van der Waals surface area contributed by atoms with Crippen LogP contribution < -0.4 is 5.32 Å². The molecule has 1 N–H and O–H groups in total. The summed E-state index contributed by atoms with van der Waals surface area (Å²) in [4.78, 5) is 15.6. The van der Waals surface area contributed by atoms with E-state index in [1.54, 1.807) is 0 Å². The molecule has 2 rings (SSSR count). The Hall–Kier alpha value is -0.870. The van der Waals surface area contributed by atoms with Crippen LogP contribution in [0.2, 0.25) is 0 Å². The van der Waals surface area contributed by atoms with Crippen molar-refractivity contribution < 1.29 is 4.79 Å². The molecule has 1 aliphatic heterocycles. The average Bonchev–Trinajstić information content (AvgIpc) is 2.90. The first kappa shape index (κ1) is 14.5. The molecule has 2 heterocycles. The van der Waals surface area contributed by atoms with E-state index in [0.29, 0.717) is 23.9 Å². The second-order valence-corrected chi connectivity index (χ2v) is 6.95. The Morgan fingerprint density at radius 2 is 2.11 bits per heavy atom. The molecule has 3 nitrogen and oxygen atoms in total. The van der Waals surface area contributed by atoms with Gasteiger partial charge in [0.2, 0.25) is 0 Å². The maximum atomic E-state index is 12.7. The van der Waals surface area contributed by atoms with Gasteiger partial charge in [-0.05, 0) is 23.3 Å². The summed E-state index contributed by atoms with van der Waals surface area (Å²) in [5, 5.41) is 5.56. The number of nitrogens with one attached hydrogen (secondary N) is 1. The summed E-state index contributed by atoms with van der Waals surface area (Å²) in [5.74, 6) is 1.22. The van der Waals surface area contributed by atoms with E-state index in [9.17, 15) is 4.79 Å². The van der Waals surface area contributed by atoms with Crippen LogP contribution in [0.1, 0.15) is 37.4 Å². The van der Waals surface area contributed by atoms with Crippen LogP contribution >= 0.6 is 11.3 Å². The van der Waals surface area contributed by atoms with Crippen LogP contribution in [0.3, 0.4) is 0 Å². The van der Waals surface area contributed by atoms with E-state index in [4.69, 9.17) is 0 Å². The number of piperazine rings is 1. The van der Waals surface area contributed by atoms with Gasteiger partial charge >= 0.3 is 0 Å². The van der Waals surface area contributed by atoms with Crippen LogP contribution in [-0.2, 0) is 0 Å². The number of hydrogen-bond acceptors (Lipinski definition) is 3. The van der Waals surface area contributed by atoms with E-state index in [1.165, 1.54) is 11.3 Å². The summed E-state index contributed by atoms with van der Waals surface area (Å²) in [6.07, 6.45) is 0. The molecular weight excluding hydrogens is 256 g/mol. The second-order valence-electron chi connectivity index (χ2n) is 6.00. The number of carbonyl (C=O) groups is 1. The van der Waals surface area contributed by atoms with Gasteiger partial charge in [0.25, 0.3) is 5.91 Å². The molecule has 1 fully saturated rings. The molecule has 0 bridgehead atoms. The normalized spacial score (nSPS) is 24.2. The Balaban J connectivity index is 2.18. The number of nitrogens with zero attached hydrogens (tertiary/aromatic N) is 1. The van der Waals surface area contributed by atoms with E-state index in [1.807, 2.05) is 17.5 Å². The standard InChI is InChI=1S/C15H24N2OS/c1-10(2)12-9-17(13(8-16-12)11(3)4)15(18)14-6-5-7-19-14/h5-7,10-13,16H,8-9H2,1-4H3. The molecule has 2 unspecified atom stereocenters. The van der Waals surface area contributed by atoms with E-state index >= 15 is 0 Å². The van der Waals surface area contributed by atoms with E-state index in [2.05, 4.69) is 37.9 Å². The smallest absolute Gasteiger partial charge is 0.264 e. The van der Waals surface area contributed by atoms with Crippen LogP contribution in [0.5, 0.6) is 0 Å². The van der Waals surface area contributed by atoms with Crippen molar-refractivity contribution in [2.75, 3.05) is 13.1 Å². The summed E-state index contributed by atoms with van der Waals surface area (Å²) in [7, 11) is 0. The summed E-state index contributed by atoms with van der Waals surface area (Å²) < 4.78 is 0. The first-order valence-electron chi connectivity index (χ1n) is 7.08. The molecule has 2 atom stereocenters. The molecule has 1 aromatic heterocycles. The molecule has 1 saturated heterocycles. The fourth-order valence-electron chi connectivity index (χ4n) is 2.61. The Bertz CT molecular complexity index is 414. The Morgan fingerprint density at radius 1 is 1.37 bits per heavy atom. The number of hydrogen-bond donors (Lipinski definition) is 1.